The number of rotatable bonds is 2. The Morgan fingerprint density at radius 2 is 1.96 bits per heavy atom. The number of thiazole rings is 1. The Labute approximate surface area is 136 Å². The largest absolute Gasteiger partial charge is 0.383 e. The van der Waals surface area contributed by atoms with E-state index in [1.54, 1.807) is 0 Å². The summed E-state index contributed by atoms with van der Waals surface area (Å²) in [5.41, 5.74) is 7.15. The first-order valence-corrected chi connectivity index (χ1v) is 8.50. The molecule has 6 nitrogen and oxygen atoms in total. The minimum absolute atomic E-state index is 0.204. The zero-order valence-electron chi connectivity index (χ0n) is 12.5. The van der Waals surface area contributed by atoms with E-state index in [0.717, 1.165) is 36.1 Å². The highest BCUT2D eigenvalue weighted by Gasteiger charge is 2.21. The molecular weight excluding hydrogens is 310 g/mol. The molecule has 3 heterocycles. The van der Waals surface area contributed by atoms with E-state index in [-0.39, 0.29) is 17.3 Å². The average molecular weight is 327 g/mol. The van der Waals surface area contributed by atoms with Gasteiger partial charge in [0.05, 0.1) is 10.2 Å². The van der Waals surface area contributed by atoms with Crippen LogP contribution in [0.1, 0.15) is 24.6 Å². The molecule has 0 aliphatic carbocycles. The molecule has 1 aliphatic rings. The first-order chi connectivity index (χ1) is 11.2. The lowest BCUT2D eigenvalue weighted by molar-refractivity contribution is 0.444. The van der Waals surface area contributed by atoms with Gasteiger partial charge in [0.1, 0.15) is 22.2 Å². The molecule has 118 valence electrons. The second-order valence-corrected chi connectivity index (χ2v) is 6.75. The average Bonchev–Trinajstić information content (AvgIpc) is 2.98. The molecule has 0 saturated carbocycles. The van der Waals surface area contributed by atoms with Gasteiger partial charge in [-0.1, -0.05) is 12.1 Å². The molecule has 1 saturated heterocycles. The number of aromatic nitrogens is 3. The number of H-pyrrole nitrogens is 1. The number of nitrogens with two attached hydrogens (primary N) is 1. The van der Waals surface area contributed by atoms with Gasteiger partial charge in [0.25, 0.3) is 5.56 Å². The molecule has 1 aromatic carbocycles. The number of benzene rings is 1. The van der Waals surface area contributed by atoms with Crippen LogP contribution in [0.25, 0.3) is 20.8 Å². The van der Waals surface area contributed by atoms with Crippen molar-refractivity contribution in [2.45, 2.75) is 18.8 Å². The number of piperidine rings is 1. The van der Waals surface area contributed by atoms with E-state index in [1.807, 2.05) is 24.3 Å². The molecule has 1 aliphatic heterocycles. The third-order valence-corrected chi connectivity index (χ3v) is 5.25. The van der Waals surface area contributed by atoms with Crippen molar-refractivity contribution in [3.63, 3.8) is 0 Å². The van der Waals surface area contributed by atoms with Gasteiger partial charge in [-0.3, -0.25) is 4.79 Å². The monoisotopic (exact) mass is 327 g/mol. The minimum atomic E-state index is -0.204. The Kier molecular flexibility index (Phi) is 3.59. The zero-order valence-corrected chi connectivity index (χ0v) is 13.3. The molecule has 7 heteroatoms. The number of nitrogens with zero attached hydrogens (tertiary/aromatic N) is 2. The van der Waals surface area contributed by atoms with Crippen LogP contribution in [-0.4, -0.2) is 28.0 Å². The topological polar surface area (TPSA) is 96.7 Å². The molecule has 23 heavy (non-hydrogen) atoms. The number of fused-ring (bicyclic) bond motifs is 1. The number of nitrogen functional groups attached to an aromatic ring is 1. The lowest BCUT2D eigenvalue weighted by Gasteiger charge is -2.21. The molecule has 0 amide bonds. The smallest absolute Gasteiger partial charge is 0.263 e. The molecule has 0 unspecified atom stereocenters. The summed E-state index contributed by atoms with van der Waals surface area (Å²) in [7, 11) is 0. The highest BCUT2D eigenvalue weighted by atomic mass is 32.1. The second-order valence-electron chi connectivity index (χ2n) is 5.72. The summed E-state index contributed by atoms with van der Waals surface area (Å²) in [4.78, 5) is 24.5. The van der Waals surface area contributed by atoms with Crippen molar-refractivity contribution in [2.24, 2.45) is 0 Å². The highest BCUT2D eigenvalue weighted by Crippen LogP contribution is 2.31. The fourth-order valence-corrected chi connectivity index (χ4v) is 4.00. The third-order valence-electron chi connectivity index (χ3n) is 4.20. The van der Waals surface area contributed by atoms with E-state index in [1.165, 1.54) is 11.3 Å². The van der Waals surface area contributed by atoms with Crippen LogP contribution in [0, 0.1) is 0 Å². The van der Waals surface area contributed by atoms with Crippen molar-refractivity contribution in [2.75, 3.05) is 18.8 Å². The number of anilines is 1. The SMILES string of the molecule is Nc1nc(C2CCNCC2)[nH]c(=O)c1-c1nc2ccccc2s1. The molecule has 0 spiro atoms. The summed E-state index contributed by atoms with van der Waals surface area (Å²) in [6, 6.07) is 7.79. The maximum absolute atomic E-state index is 12.6. The first kappa shape index (κ1) is 14.3. The number of para-hydroxylation sites is 1. The third kappa shape index (κ3) is 2.62. The van der Waals surface area contributed by atoms with Gasteiger partial charge in [0.2, 0.25) is 0 Å². The Morgan fingerprint density at radius 1 is 1.17 bits per heavy atom. The van der Waals surface area contributed by atoms with E-state index in [0.29, 0.717) is 16.4 Å². The predicted octanol–water partition coefficient (Wildman–Crippen LogP) is 2.10. The van der Waals surface area contributed by atoms with Gasteiger partial charge in [0.15, 0.2) is 0 Å². The van der Waals surface area contributed by atoms with Crippen LogP contribution < -0.4 is 16.6 Å². The molecule has 4 rings (SSSR count). The maximum Gasteiger partial charge on any atom is 0.263 e. The van der Waals surface area contributed by atoms with Gasteiger partial charge in [0, 0.05) is 5.92 Å². The van der Waals surface area contributed by atoms with Crippen molar-refractivity contribution >= 4 is 27.4 Å². The summed E-state index contributed by atoms with van der Waals surface area (Å²) >= 11 is 1.46. The van der Waals surface area contributed by atoms with Crippen molar-refractivity contribution < 1.29 is 0 Å². The van der Waals surface area contributed by atoms with Crippen molar-refractivity contribution in [3.05, 3.63) is 40.4 Å². The Bertz CT molecular complexity index is 877. The van der Waals surface area contributed by atoms with Crippen molar-refractivity contribution in [1.29, 1.82) is 0 Å². The molecule has 3 aromatic rings. The zero-order chi connectivity index (χ0) is 15.8. The van der Waals surface area contributed by atoms with Crippen molar-refractivity contribution in [1.82, 2.24) is 20.3 Å². The quantitative estimate of drug-likeness (QED) is 0.670. The molecule has 1 fully saturated rings. The fourth-order valence-electron chi connectivity index (χ4n) is 2.98. The van der Waals surface area contributed by atoms with Crippen LogP contribution in [0.15, 0.2) is 29.1 Å². The summed E-state index contributed by atoms with van der Waals surface area (Å²) in [6.07, 6.45) is 1.92. The number of hydrogen-bond acceptors (Lipinski definition) is 6. The van der Waals surface area contributed by atoms with Crippen LogP contribution in [-0.2, 0) is 0 Å². The summed E-state index contributed by atoms with van der Waals surface area (Å²) in [5, 5.41) is 3.93. The van der Waals surface area contributed by atoms with E-state index >= 15 is 0 Å². The van der Waals surface area contributed by atoms with E-state index < -0.39 is 0 Å². The fraction of sp³-hybridized carbons (Fsp3) is 0.312. The minimum Gasteiger partial charge on any atom is -0.383 e. The summed E-state index contributed by atoms with van der Waals surface area (Å²) in [6.45, 7) is 1.88. The normalized spacial score (nSPS) is 16.0. The van der Waals surface area contributed by atoms with E-state index in [4.69, 9.17) is 5.73 Å². The Balaban J connectivity index is 1.78. The molecule has 4 N–H and O–H groups in total. The molecule has 0 radical (unpaired) electrons. The predicted molar refractivity (Wildman–Crippen MR) is 92.7 cm³/mol. The molecule has 2 aromatic heterocycles. The number of hydrogen-bond donors (Lipinski definition) is 3. The van der Waals surface area contributed by atoms with Crippen LogP contribution >= 0.6 is 11.3 Å². The van der Waals surface area contributed by atoms with Crippen molar-refractivity contribution in [3.8, 4) is 10.6 Å². The van der Waals surface area contributed by atoms with Gasteiger partial charge in [-0.25, -0.2) is 9.97 Å². The van der Waals surface area contributed by atoms with Gasteiger partial charge >= 0.3 is 0 Å². The van der Waals surface area contributed by atoms with Gasteiger partial charge in [-0.15, -0.1) is 11.3 Å². The van der Waals surface area contributed by atoms with Crippen LogP contribution in [0.2, 0.25) is 0 Å². The lowest BCUT2D eigenvalue weighted by atomic mass is 9.97. The van der Waals surface area contributed by atoms with Crippen LogP contribution in [0.3, 0.4) is 0 Å². The molecule has 0 atom stereocenters. The number of nitrogens with one attached hydrogen (secondary N) is 2. The maximum atomic E-state index is 12.6. The summed E-state index contributed by atoms with van der Waals surface area (Å²) in [5.74, 6) is 1.22. The molecule has 0 bridgehead atoms. The van der Waals surface area contributed by atoms with Gasteiger partial charge < -0.3 is 16.0 Å². The lowest BCUT2D eigenvalue weighted by Crippen LogP contribution is -2.29. The van der Waals surface area contributed by atoms with E-state index in [2.05, 4.69) is 20.3 Å². The molecular formula is C16H17N5OS. The van der Waals surface area contributed by atoms with Gasteiger partial charge in [-0.05, 0) is 38.1 Å². The number of aromatic amines is 1. The van der Waals surface area contributed by atoms with E-state index in [9.17, 15) is 4.79 Å². The standard InChI is InChI=1S/C16H17N5OS/c17-13-12(16-19-10-3-1-2-4-11(10)23-16)15(22)21-14(20-13)9-5-7-18-8-6-9/h1-4,9,18H,5-8H2,(H3,17,20,21,22). The Hall–Kier alpha value is -2.25. The highest BCUT2D eigenvalue weighted by molar-refractivity contribution is 7.21. The van der Waals surface area contributed by atoms with Gasteiger partial charge in [-0.2, -0.15) is 0 Å². The first-order valence-electron chi connectivity index (χ1n) is 7.69. The Morgan fingerprint density at radius 3 is 2.70 bits per heavy atom. The summed E-state index contributed by atoms with van der Waals surface area (Å²) < 4.78 is 1.03. The van der Waals surface area contributed by atoms with Crippen LogP contribution in [0.5, 0.6) is 0 Å². The second kappa shape index (κ2) is 5.75. The van der Waals surface area contributed by atoms with Crippen LogP contribution in [0.4, 0.5) is 5.82 Å².